The fraction of sp³-hybridized carbons (Fsp3) is 0.538. The molecular weight excluding hydrogens is 276 g/mol. The van der Waals surface area contributed by atoms with Crippen LogP contribution in [0.2, 0.25) is 0 Å². The van der Waals surface area contributed by atoms with Crippen LogP contribution in [0.25, 0.3) is 11.0 Å². The van der Waals surface area contributed by atoms with E-state index in [2.05, 4.69) is 20.3 Å². The molecule has 0 amide bonds. The molecule has 1 aliphatic heterocycles. The Morgan fingerprint density at radius 3 is 2.90 bits per heavy atom. The molecule has 0 saturated carbocycles. The number of methoxy groups -OCH3 is 2. The standard InChI is InChI=1S/C13H18N4O4/c1-20-4-7-12(21-2)11(18)9(17-7)6-3-14-10-8(6)15-5-16-13(10)19/h3,5,7,9,11-12,14,17-18H,4H2,1-2H3,(H,15,16,19)/t7-,9+,11+,12-/m1/s1. The van der Waals surface area contributed by atoms with Crippen molar-refractivity contribution in [2.75, 3.05) is 20.8 Å². The summed E-state index contributed by atoms with van der Waals surface area (Å²) in [5, 5.41) is 13.8. The molecule has 0 radical (unpaired) electrons. The highest BCUT2D eigenvalue weighted by Gasteiger charge is 2.44. The fourth-order valence-electron chi connectivity index (χ4n) is 2.96. The SMILES string of the molecule is COC[C@H]1N[C@@H](c2c[nH]c3c(=O)[nH]cnc23)[C@H](O)[C@@H]1OC. The van der Waals surface area contributed by atoms with Crippen molar-refractivity contribution in [3.8, 4) is 0 Å². The van der Waals surface area contributed by atoms with E-state index < -0.39 is 6.10 Å². The lowest BCUT2D eigenvalue weighted by molar-refractivity contribution is -0.0148. The van der Waals surface area contributed by atoms with E-state index in [1.807, 2.05) is 0 Å². The number of H-pyrrole nitrogens is 2. The Hall–Kier alpha value is -1.74. The Morgan fingerprint density at radius 1 is 1.38 bits per heavy atom. The van der Waals surface area contributed by atoms with Gasteiger partial charge in [0.05, 0.1) is 25.0 Å². The highest BCUT2D eigenvalue weighted by Crippen LogP contribution is 2.32. The summed E-state index contributed by atoms with van der Waals surface area (Å²) in [6.45, 7) is 0.419. The predicted molar refractivity (Wildman–Crippen MR) is 75.1 cm³/mol. The molecule has 21 heavy (non-hydrogen) atoms. The van der Waals surface area contributed by atoms with Crippen LogP contribution in [0, 0.1) is 0 Å². The number of rotatable bonds is 4. The van der Waals surface area contributed by atoms with Crippen LogP contribution in [-0.4, -0.2) is 59.1 Å². The maximum absolute atomic E-state index is 11.7. The predicted octanol–water partition coefficient (Wildman–Crippen LogP) is -0.714. The lowest BCUT2D eigenvalue weighted by Crippen LogP contribution is -2.38. The van der Waals surface area contributed by atoms with E-state index in [9.17, 15) is 9.90 Å². The van der Waals surface area contributed by atoms with E-state index in [0.29, 0.717) is 17.6 Å². The lowest BCUT2D eigenvalue weighted by Gasteiger charge is -2.19. The quantitative estimate of drug-likeness (QED) is 0.592. The van der Waals surface area contributed by atoms with Crippen molar-refractivity contribution in [3.63, 3.8) is 0 Å². The molecule has 1 fully saturated rings. The number of fused-ring (bicyclic) bond motifs is 1. The molecular formula is C13H18N4O4. The first-order chi connectivity index (χ1) is 10.2. The van der Waals surface area contributed by atoms with Gasteiger partial charge in [-0.25, -0.2) is 4.98 Å². The van der Waals surface area contributed by atoms with Crippen LogP contribution in [0.5, 0.6) is 0 Å². The number of ether oxygens (including phenoxy) is 2. The van der Waals surface area contributed by atoms with Crippen LogP contribution < -0.4 is 10.9 Å². The van der Waals surface area contributed by atoms with E-state index >= 15 is 0 Å². The van der Waals surface area contributed by atoms with Crippen molar-refractivity contribution in [1.29, 1.82) is 0 Å². The molecule has 0 aromatic carbocycles. The van der Waals surface area contributed by atoms with Gasteiger partial charge in [0, 0.05) is 26.0 Å². The number of hydrogen-bond donors (Lipinski definition) is 4. The van der Waals surface area contributed by atoms with Crippen molar-refractivity contribution in [1.82, 2.24) is 20.3 Å². The third-order valence-electron chi connectivity index (χ3n) is 3.92. The van der Waals surface area contributed by atoms with Gasteiger partial charge in [-0.15, -0.1) is 0 Å². The Labute approximate surface area is 120 Å². The van der Waals surface area contributed by atoms with Crippen molar-refractivity contribution in [2.24, 2.45) is 0 Å². The molecule has 2 aromatic rings. The largest absolute Gasteiger partial charge is 0.388 e. The third kappa shape index (κ3) is 2.26. The second-order valence-corrected chi connectivity index (χ2v) is 5.10. The van der Waals surface area contributed by atoms with Crippen LogP contribution in [-0.2, 0) is 9.47 Å². The monoisotopic (exact) mass is 294 g/mol. The van der Waals surface area contributed by atoms with Gasteiger partial charge in [0.1, 0.15) is 23.2 Å². The van der Waals surface area contributed by atoms with Crippen molar-refractivity contribution in [2.45, 2.75) is 24.3 Å². The first-order valence-corrected chi connectivity index (χ1v) is 6.68. The van der Waals surface area contributed by atoms with Crippen LogP contribution in [0.1, 0.15) is 11.6 Å². The minimum Gasteiger partial charge on any atom is -0.388 e. The molecule has 3 rings (SSSR count). The first-order valence-electron chi connectivity index (χ1n) is 6.68. The number of nitrogens with one attached hydrogen (secondary N) is 3. The van der Waals surface area contributed by atoms with E-state index in [4.69, 9.17) is 9.47 Å². The van der Waals surface area contributed by atoms with Gasteiger partial charge in [-0.1, -0.05) is 0 Å². The molecule has 0 aliphatic carbocycles. The first kappa shape index (κ1) is 14.2. The van der Waals surface area contributed by atoms with Crippen LogP contribution in [0.4, 0.5) is 0 Å². The number of aliphatic hydroxyl groups excluding tert-OH is 1. The summed E-state index contributed by atoms with van der Waals surface area (Å²) in [5.41, 5.74) is 1.44. The van der Waals surface area contributed by atoms with E-state index in [-0.39, 0.29) is 23.7 Å². The maximum Gasteiger partial charge on any atom is 0.275 e. The minimum absolute atomic E-state index is 0.132. The summed E-state index contributed by atoms with van der Waals surface area (Å²) < 4.78 is 10.5. The summed E-state index contributed by atoms with van der Waals surface area (Å²) >= 11 is 0. The molecule has 8 heteroatoms. The van der Waals surface area contributed by atoms with Gasteiger partial charge in [-0.05, 0) is 0 Å². The molecule has 2 aromatic heterocycles. The molecule has 0 unspecified atom stereocenters. The lowest BCUT2D eigenvalue weighted by atomic mass is 10.0. The Kier molecular flexibility index (Phi) is 3.77. The van der Waals surface area contributed by atoms with Gasteiger partial charge in [-0.3, -0.25) is 4.79 Å². The third-order valence-corrected chi connectivity index (χ3v) is 3.92. The molecule has 4 atom stereocenters. The van der Waals surface area contributed by atoms with Gasteiger partial charge < -0.3 is 29.9 Å². The van der Waals surface area contributed by atoms with Gasteiger partial charge in [-0.2, -0.15) is 0 Å². The van der Waals surface area contributed by atoms with Crippen LogP contribution in [0.3, 0.4) is 0 Å². The normalized spacial score (nSPS) is 29.3. The Bertz CT molecular complexity index is 682. The maximum atomic E-state index is 11.7. The van der Waals surface area contributed by atoms with Crippen molar-refractivity contribution in [3.05, 3.63) is 28.4 Å². The highest BCUT2D eigenvalue weighted by molar-refractivity contribution is 5.78. The summed E-state index contributed by atoms with van der Waals surface area (Å²) in [6.07, 6.45) is 1.90. The minimum atomic E-state index is -0.754. The molecule has 114 valence electrons. The van der Waals surface area contributed by atoms with Crippen molar-refractivity contribution >= 4 is 11.0 Å². The van der Waals surface area contributed by atoms with Gasteiger partial charge in [0.2, 0.25) is 0 Å². The van der Waals surface area contributed by atoms with Gasteiger partial charge in [0.15, 0.2) is 0 Å². The molecule has 8 nitrogen and oxygen atoms in total. The highest BCUT2D eigenvalue weighted by atomic mass is 16.5. The molecule has 1 saturated heterocycles. The number of aromatic amines is 2. The Morgan fingerprint density at radius 2 is 2.19 bits per heavy atom. The molecule has 0 spiro atoms. The number of hydrogen-bond acceptors (Lipinski definition) is 6. The zero-order chi connectivity index (χ0) is 15.0. The Balaban J connectivity index is 1.99. The van der Waals surface area contributed by atoms with Crippen molar-refractivity contribution < 1.29 is 14.6 Å². The molecule has 0 bridgehead atoms. The number of nitrogens with zero attached hydrogens (tertiary/aromatic N) is 1. The van der Waals surface area contributed by atoms with E-state index in [1.165, 1.54) is 6.33 Å². The summed E-state index contributed by atoms with van der Waals surface area (Å²) in [7, 11) is 3.15. The van der Waals surface area contributed by atoms with Crippen LogP contribution in [0.15, 0.2) is 17.3 Å². The second kappa shape index (κ2) is 5.57. The number of aliphatic hydroxyl groups is 1. The van der Waals surface area contributed by atoms with Crippen LogP contribution >= 0.6 is 0 Å². The molecule has 4 N–H and O–H groups in total. The van der Waals surface area contributed by atoms with Gasteiger partial charge in [0.25, 0.3) is 5.56 Å². The summed E-state index contributed by atoms with van der Waals surface area (Å²) in [4.78, 5) is 21.3. The number of aromatic nitrogens is 3. The van der Waals surface area contributed by atoms with Gasteiger partial charge >= 0.3 is 0 Å². The second-order valence-electron chi connectivity index (χ2n) is 5.10. The van der Waals surface area contributed by atoms with E-state index in [1.54, 1.807) is 20.4 Å². The van der Waals surface area contributed by atoms with E-state index in [0.717, 1.165) is 5.56 Å². The molecule has 3 heterocycles. The summed E-state index contributed by atoms with van der Waals surface area (Å²) in [5.74, 6) is 0. The average Bonchev–Trinajstić information content (AvgIpc) is 3.02. The summed E-state index contributed by atoms with van der Waals surface area (Å²) in [6, 6.07) is -0.509. The molecule has 1 aliphatic rings. The smallest absolute Gasteiger partial charge is 0.275 e. The zero-order valence-electron chi connectivity index (χ0n) is 11.8. The zero-order valence-corrected chi connectivity index (χ0v) is 11.8. The average molecular weight is 294 g/mol. The fourth-order valence-corrected chi connectivity index (χ4v) is 2.96. The topological polar surface area (TPSA) is 112 Å².